The topological polar surface area (TPSA) is 122 Å². The van der Waals surface area contributed by atoms with Crippen molar-refractivity contribution in [2.75, 3.05) is 19.8 Å². The molecule has 5 atom stereocenters. The Morgan fingerprint density at radius 3 is 2.67 bits per heavy atom. The molecule has 2 aliphatic heterocycles. The third kappa shape index (κ3) is 3.54. The fraction of sp³-hybridized carbons (Fsp3) is 0.417. The van der Waals surface area contributed by atoms with Crippen LogP contribution in [0.15, 0.2) is 46.9 Å². The largest absolute Gasteiger partial charge is 0.494 e. The predicted molar refractivity (Wildman–Crippen MR) is 118 cm³/mol. The van der Waals surface area contributed by atoms with Gasteiger partial charge in [0.05, 0.1) is 19.8 Å². The van der Waals surface area contributed by atoms with Crippen LogP contribution in [0.1, 0.15) is 23.8 Å². The molecule has 2 aliphatic rings. The molecule has 0 amide bonds. The van der Waals surface area contributed by atoms with Gasteiger partial charge in [0, 0.05) is 22.4 Å². The van der Waals surface area contributed by atoms with E-state index in [1.807, 2.05) is 31.2 Å². The van der Waals surface area contributed by atoms with Gasteiger partial charge in [-0.05, 0) is 48.9 Å². The Morgan fingerprint density at radius 1 is 1.09 bits per heavy atom. The lowest BCUT2D eigenvalue weighted by molar-refractivity contribution is -0.329. The Morgan fingerprint density at radius 2 is 1.91 bits per heavy atom. The molecule has 33 heavy (non-hydrogen) atoms. The van der Waals surface area contributed by atoms with Gasteiger partial charge in [-0.15, -0.1) is 0 Å². The molecule has 2 aromatic carbocycles. The number of hydrogen-bond donors (Lipinski definition) is 4. The molecule has 2 bridgehead atoms. The molecule has 2 fully saturated rings. The smallest absolute Gasteiger partial charge is 0.225 e. The summed E-state index contributed by atoms with van der Waals surface area (Å²) in [6.45, 7) is 1.72. The van der Waals surface area contributed by atoms with Crippen molar-refractivity contribution >= 4 is 22.6 Å². The zero-order chi connectivity index (χ0) is 23.4. The van der Waals surface area contributed by atoms with Gasteiger partial charge in [0.25, 0.3) is 0 Å². The third-order valence-electron chi connectivity index (χ3n) is 6.39. The standard InChI is InChI=1S/C24H25ClO8/c1-2-30-16-4-6-19-14(9-16)10-17(32-19)8-13-7-15(3-5-18(13)25)24-22(29)20(27)21(28)23(11-26,33-24)12-31-24/h3-7,9-10,20-22,26-29H,2,8,11-12H2,1H3/t20-,21-,22+,23-,24-/m0/s1. The van der Waals surface area contributed by atoms with E-state index in [4.69, 9.17) is 30.2 Å². The number of ether oxygens (including phenoxy) is 3. The van der Waals surface area contributed by atoms with Crippen LogP contribution in [0.2, 0.25) is 5.02 Å². The zero-order valence-corrected chi connectivity index (χ0v) is 18.7. The SMILES string of the molecule is CCOc1ccc2oc(Cc3cc([C@]45OC[C@](CO)(O4)[C@@H](O)[C@H](O)[C@H]5O)ccc3Cl)cc2c1. The molecule has 9 heteroatoms. The summed E-state index contributed by atoms with van der Waals surface area (Å²) in [5, 5.41) is 42.7. The predicted octanol–water partition coefficient (Wildman–Crippen LogP) is 2.10. The van der Waals surface area contributed by atoms with Gasteiger partial charge in [-0.2, -0.15) is 0 Å². The van der Waals surface area contributed by atoms with Crippen LogP contribution >= 0.6 is 11.6 Å². The van der Waals surface area contributed by atoms with E-state index in [9.17, 15) is 20.4 Å². The lowest BCUT2D eigenvalue weighted by Gasteiger charge is -2.46. The summed E-state index contributed by atoms with van der Waals surface area (Å²) in [5.41, 5.74) is 0.281. The normalized spacial score (nSPS) is 31.3. The summed E-state index contributed by atoms with van der Waals surface area (Å²) in [4.78, 5) is 0. The van der Waals surface area contributed by atoms with Crippen LogP contribution in [0.3, 0.4) is 0 Å². The second kappa shape index (κ2) is 8.25. The maximum absolute atomic E-state index is 10.8. The number of aliphatic hydroxyl groups is 4. The van der Waals surface area contributed by atoms with Crippen LogP contribution in [-0.2, 0) is 21.7 Å². The molecule has 176 valence electrons. The molecular formula is C24H25ClO8. The molecule has 8 nitrogen and oxygen atoms in total. The highest BCUT2D eigenvalue weighted by atomic mass is 35.5. The van der Waals surface area contributed by atoms with Crippen molar-refractivity contribution in [2.24, 2.45) is 0 Å². The molecule has 2 saturated heterocycles. The zero-order valence-electron chi connectivity index (χ0n) is 17.9. The highest BCUT2D eigenvalue weighted by molar-refractivity contribution is 6.31. The van der Waals surface area contributed by atoms with Gasteiger partial charge in [-0.25, -0.2) is 0 Å². The van der Waals surface area contributed by atoms with E-state index in [-0.39, 0.29) is 6.61 Å². The van der Waals surface area contributed by atoms with E-state index in [1.54, 1.807) is 18.2 Å². The van der Waals surface area contributed by atoms with E-state index in [0.29, 0.717) is 40.5 Å². The highest BCUT2D eigenvalue weighted by Gasteiger charge is 2.67. The van der Waals surface area contributed by atoms with E-state index in [2.05, 4.69) is 0 Å². The fourth-order valence-corrected chi connectivity index (χ4v) is 4.79. The van der Waals surface area contributed by atoms with Crippen molar-refractivity contribution in [1.82, 2.24) is 0 Å². The van der Waals surface area contributed by atoms with Crippen LogP contribution in [0.25, 0.3) is 11.0 Å². The van der Waals surface area contributed by atoms with E-state index >= 15 is 0 Å². The molecule has 0 saturated carbocycles. The number of rotatable bonds is 6. The third-order valence-corrected chi connectivity index (χ3v) is 6.76. The molecule has 0 unspecified atom stereocenters. The Kier molecular flexibility index (Phi) is 5.65. The molecule has 0 radical (unpaired) electrons. The molecule has 0 spiro atoms. The average molecular weight is 477 g/mol. The van der Waals surface area contributed by atoms with Gasteiger partial charge < -0.3 is 39.1 Å². The second-order valence-electron chi connectivity index (χ2n) is 8.49. The molecule has 3 heterocycles. The van der Waals surface area contributed by atoms with Gasteiger partial charge in [-0.1, -0.05) is 17.7 Å². The van der Waals surface area contributed by atoms with Crippen molar-refractivity contribution in [1.29, 1.82) is 0 Å². The monoisotopic (exact) mass is 476 g/mol. The van der Waals surface area contributed by atoms with Crippen LogP contribution in [-0.4, -0.2) is 64.2 Å². The summed E-state index contributed by atoms with van der Waals surface area (Å²) < 4.78 is 23.2. The minimum absolute atomic E-state index is 0.192. The van der Waals surface area contributed by atoms with Crippen LogP contribution < -0.4 is 4.74 Å². The molecule has 0 aliphatic carbocycles. The van der Waals surface area contributed by atoms with E-state index in [0.717, 1.165) is 11.1 Å². The van der Waals surface area contributed by atoms with Crippen molar-refractivity contribution in [3.63, 3.8) is 0 Å². The van der Waals surface area contributed by atoms with Crippen LogP contribution in [0, 0.1) is 0 Å². The second-order valence-corrected chi connectivity index (χ2v) is 8.90. The van der Waals surface area contributed by atoms with Gasteiger partial charge >= 0.3 is 0 Å². The van der Waals surface area contributed by atoms with Crippen LogP contribution in [0.4, 0.5) is 0 Å². The van der Waals surface area contributed by atoms with Crippen molar-refractivity contribution < 1.29 is 39.1 Å². The molecule has 3 aromatic rings. The summed E-state index contributed by atoms with van der Waals surface area (Å²) in [6, 6.07) is 12.5. The fourth-order valence-electron chi connectivity index (χ4n) is 4.61. The number of aliphatic hydroxyl groups excluding tert-OH is 4. The minimum Gasteiger partial charge on any atom is -0.494 e. The Bertz CT molecular complexity index is 1180. The van der Waals surface area contributed by atoms with Crippen molar-refractivity contribution in [2.45, 2.75) is 43.0 Å². The van der Waals surface area contributed by atoms with Gasteiger partial charge in [0.15, 0.2) is 0 Å². The molecule has 5 rings (SSSR count). The summed E-state index contributed by atoms with van der Waals surface area (Å²) in [7, 11) is 0. The maximum Gasteiger partial charge on any atom is 0.225 e. The van der Waals surface area contributed by atoms with Gasteiger partial charge in [-0.3, -0.25) is 0 Å². The number of furan rings is 1. The number of halogens is 1. The summed E-state index contributed by atoms with van der Waals surface area (Å²) in [5.74, 6) is -0.319. The van der Waals surface area contributed by atoms with E-state index in [1.165, 1.54) is 0 Å². The van der Waals surface area contributed by atoms with Crippen molar-refractivity contribution in [3.05, 3.63) is 64.4 Å². The highest BCUT2D eigenvalue weighted by Crippen LogP contribution is 2.49. The number of fused-ring (bicyclic) bond motifs is 3. The van der Waals surface area contributed by atoms with Gasteiger partial charge in [0.2, 0.25) is 5.79 Å². The first kappa shape index (κ1) is 22.6. The minimum atomic E-state index is -1.75. The van der Waals surface area contributed by atoms with E-state index < -0.39 is 36.3 Å². The Hall–Kier alpha value is -2.17. The Balaban J connectivity index is 1.48. The molecule has 1 aromatic heterocycles. The maximum atomic E-state index is 10.8. The van der Waals surface area contributed by atoms with Crippen LogP contribution in [0.5, 0.6) is 5.75 Å². The average Bonchev–Trinajstić information content (AvgIpc) is 3.39. The van der Waals surface area contributed by atoms with Gasteiger partial charge in [0.1, 0.15) is 41.0 Å². The number of benzene rings is 2. The first-order valence-electron chi connectivity index (χ1n) is 10.8. The quantitative estimate of drug-likeness (QED) is 0.427. The van der Waals surface area contributed by atoms with Crippen molar-refractivity contribution in [3.8, 4) is 5.75 Å². The lowest BCUT2D eigenvalue weighted by atomic mass is 9.83. The lowest BCUT2D eigenvalue weighted by Crippen LogP contribution is -2.65. The Labute approximate surface area is 194 Å². The summed E-state index contributed by atoms with van der Waals surface area (Å²) >= 11 is 6.46. The first-order valence-corrected chi connectivity index (χ1v) is 11.1. The first-order chi connectivity index (χ1) is 15.8. The summed E-state index contributed by atoms with van der Waals surface area (Å²) in [6.07, 6.45) is -4.29. The molecular weight excluding hydrogens is 452 g/mol. The molecule has 4 N–H and O–H groups in total. The number of hydrogen-bond acceptors (Lipinski definition) is 8.